The number of aromatic hydroxyl groups is 1. The number of fused-ring (bicyclic) bond motifs is 6. The van der Waals surface area contributed by atoms with E-state index in [1.54, 1.807) is 0 Å². The van der Waals surface area contributed by atoms with Crippen LogP contribution in [0.5, 0.6) is 5.75 Å². The lowest BCUT2D eigenvalue weighted by molar-refractivity contribution is 0.0929. The van der Waals surface area contributed by atoms with Crippen LogP contribution in [0.25, 0.3) is 0 Å². The Kier molecular flexibility index (Phi) is 5.38. The molecule has 2 amide bonds. The summed E-state index contributed by atoms with van der Waals surface area (Å²) in [6.07, 6.45) is 2.07. The van der Waals surface area contributed by atoms with Crippen LogP contribution < -0.4 is 15.6 Å². The average molecular weight is 483 g/mol. The maximum atomic E-state index is 14.1. The van der Waals surface area contributed by atoms with Crippen molar-refractivity contribution in [2.75, 3.05) is 11.4 Å². The van der Waals surface area contributed by atoms with Crippen LogP contribution in [-0.2, 0) is 13.0 Å². The van der Waals surface area contributed by atoms with E-state index >= 15 is 0 Å². The van der Waals surface area contributed by atoms with Gasteiger partial charge in [-0.2, -0.15) is 0 Å². The number of pyridine rings is 1. The van der Waals surface area contributed by atoms with Crippen LogP contribution in [0.2, 0.25) is 0 Å². The summed E-state index contributed by atoms with van der Waals surface area (Å²) < 4.78 is 43.4. The Morgan fingerprint density at radius 2 is 1.86 bits per heavy atom. The number of carbonyl (C=O) groups is 2. The van der Waals surface area contributed by atoms with Crippen molar-refractivity contribution in [1.29, 1.82) is 0 Å². The molecule has 2 aromatic carbocycles. The molecule has 0 saturated carbocycles. The summed E-state index contributed by atoms with van der Waals surface area (Å²) in [5, 5.41) is 13.0. The third-order valence-corrected chi connectivity index (χ3v) is 6.48. The van der Waals surface area contributed by atoms with Crippen LogP contribution in [0.15, 0.2) is 41.3 Å². The van der Waals surface area contributed by atoms with Crippen molar-refractivity contribution < 1.29 is 27.9 Å². The predicted molar refractivity (Wildman–Crippen MR) is 120 cm³/mol. The van der Waals surface area contributed by atoms with Gasteiger partial charge in [0.2, 0.25) is 5.43 Å². The number of nitrogens with zero attached hydrogens (tertiary/aromatic N) is 2. The highest BCUT2D eigenvalue weighted by Crippen LogP contribution is 2.37. The number of nitrogens with one attached hydrogen (secondary N) is 1. The highest BCUT2D eigenvalue weighted by Gasteiger charge is 2.38. The average Bonchev–Trinajstić information content (AvgIpc) is 2.96. The van der Waals surface area contributed by atoms with Crippen LogP contribution in [0.1, 0.15) is 50.0 Å². The van der Waals surface area contributed by atoms with E-state index in [-0.39, 0.29) is 17.8 Å². The molecule has 1 aromatic heterocycles. The molecule has 0 unspecified atom stereocenters. The van der Waals surface area contributed by atoms with E-state index in [0.717, 1.165) is 12.1 Å². The van der Waals surface area contributed by atoms with E-state index in [2.05, 4.69) is 5.32 Å². The first-order valence-corrected chi connectivity index (χ1v) is 11.0. The van der Waals surface area contributed by atoms with Gasteiger partial charge in [-0.25, -0.2) is 13.2 Å². The fraction of sp³-hybridized carbons (Fsp3) is 0.240. The Balaban J connectivity index is 1.50. The van der Waals surface area contributed by atoms with Crippen LogP contribution in [0.3, 0.4) is 0 Å². The van der Waals surface area contributed by atoms with E-state index < -0.39 is 58.6 Å². The molecule has 35 heavy (non-hydrogen) atoms. The van der Waals surface area contributed by atoms with Gasteiger partial charge >= 0.3 is 0 Å². The maximum absolute atomic E-state index is 14.1. The third kappa shape index (κ3) is 3.74. The van der Waals surface area contributed by atoms with Gasteiger partial charge in [0.15, 0.2) is 11.4 Å². The monoisotopic (exact) mass is 483 g/mol. The second kappa shape index (κ2) is 8.30. The Morgan fingerprint density at radius 3 is 2.57 bits per heavy atom. The molecule has 0 spiro atoms. The van der Waals surface area contributed by atoms with Crippen molar-refractivity contribution in [1.82, 2.24) is 9.88 Å². The largest absolute Gasteiger partial charge is 0.503 e. The number of hydrogen-bond acceptors (Lipinski definition) is 4. The molecule has 0 saturated heterocycles. The minimum absolute atomic E-state index is 0.202. The van der Waals surface area contributed by atoms with E-state index in [1.807, 2.05) is 0 Å². The molecule has 0 fully saturated rings. The van der Waals surface area contributed by atoms with Crippen molar-refractivity contribution in [2.45, 2.75) is 32.4 Å². The number of aryl methyl sites for hydroxylation is 2. The van der Waals surface area contributed by atoms with Crippen LogP contribution >= 0.6 is 0 Å². The Morgan fingerprint density at radius 1 is 1.14 bits per heavy atom. The number of aromatic nitrogens is 1. The molecule has 2 aliphatic rings. The molecular weight excluding hydrogens is 463 g/mol. The smallest absolute Gasteiger partial charge is 0.279 e. The molecule has 1 atom stereocenters. The lowest BCUT2D eigenvalue weighted by Crippen LogP contribution is -2.44. The van der Waals surface area contributed by atoms with E-state index in [0.29, 0.717) is 29.7 Å². The van der Waals surface area contributed by atoms with Crippen molar-refractivity contribution in [3.8, 4) is 5.75 Å². The van der Waals surface area contributed by atoms with Crippen LogP contribution in [0, 0.1) is 24.4 Å². The Hall–Kier alpha value is -4.08. The van der Waals surface area contributed by atoms with Gasteiger partial charge in [0.25, 0.3) is 11.8 Å². The van der Waals surface area contributed by atoms with Gasteiger partial charge in [-0.15, -0.1) is 0 Å². The van der Waals surface area contributed by atoms with Gasteiger partial charge in [-0.1, -0.05) is 0 Å². The van der Waals surface area contributed by atoms with Gasteiger partial charge in [0.05, 0.1) is 6.04 Å². The molecule has 2 bridgehead atoms. The number of carbonyl (C=O) groups excluding carboxylic acids is 2. The van der Waals surface area contributed by atoms with Gasteiger partial charge in [-0.3, -0.25) is 14.4 Å². The minimum Gasteiger partial charge on any atom is -0.503 e. The summed E-state index contributed by atoms with van der Waals surface area (Å²) in [6.45, 7) is 1.21. The zero-order valence-corrected chi connectivity index (χ0v) is 18.6. The van der Waals surface area contributed by atoms with Gasteiger partial charge in [-0.05, 0) is 61.2 Å². The number of hydrogen-bond donors (Lipinski definition) is 2. The number of benzene rings is 2. The summed E-state index contributed by atoms with van der Waals surface area (Å²) >= 11 is 0. The quantitative estimate of drug-likeness (QED) is 0.598. The zero-order chi connectivity index (χ0) is 25.0. The fourth-order valence-electron chi connectivity index (χ4n) is 4.73. The van der Waals surface area contributed by atoms with Gasteiger partial charge in [0, 0.05) is 30.5 Å². The maximum Gasteiger partial charge on any atom is 0.279 e. The number of halogens is 3. The van der Waals surface area contributed by atoms with Crippen LogP contribution in [-0.4, -0.2) is 28.0 Å². The summed E-state index contributed by atoms with van der Waals surface area (Å²) in [7, 11) is 0. The third-order valence-electron chi connectivity index (χ3n) is 6.48. The Labute approximate surface area is 197 Å². The summed E-state index contributed by atoms with van der Waals surface area (Å²) in [4.78, 5) is 40.2. The molecule has 180 valence electrons. The first-order chi connectivity index (χ1) is 16.7. The molecule has 2 aliphatic heterocycles. The summed E-state index contributed by atoms with van der Waals surface area (Å²) in [5.74, 6) is -4.61. The van der Waals surface area contributed by atoms with E-state index in [4.69, 9.17) is 0 Å². The first-order valence-electron chi connectivity index (χ1n) is 11.0. The number of anilines is 1. The number of amides is 2. The van der Waals surface area contributed by atoms with Crippen molar-refractivity contribution >= 4 is 17.5 Å². The second-order valence-corrected chi connectivity index (χ2v) is 8.75. The first kappa shape index (κ1) is 22.7. The van der Waals surface area contributed by atoms with Gasteiger partial charge in [0.1, 0.15) is 23.0 Å². The van der Waals surface area contributed by atoms with Crippen molar-refractivity contribution in [3.63, 3.8) is 0 Å². The number of rotatable bonds is 3. The molecule has 3 aromatic rings. The molecular formula is C25H20F3N3O4. The molecule has 2 N–H and O–H groups in total. The van der Waals surface area contributed by atoms with Crippen molar-refractivity contribution in [3.05, 3.63) is 92.2 Å². The van der Waals surface area contributed by atoms with E-state index in [9.17, 15) is 32.7 Å². The van der Waals surface area contributed by atoms with Gasteiger partial charge < -0.3 is 19.9 Å². The van der Waals surface area contributed by atoms with Crippen LogP contribution in [0.4, 0.5) is 18.9 Å². The van der Waals surface area contributed by atoms with Crippen molar-refractivity contribution in [2.24, 2.45) is 0 Å². The van der Waals surface area contributed by atoms with E-state index in [1.165, 1.54) is 40.8 Å². The second-order valence-electron chi connectivity index (χ2n) is 8.75. The Bertz CT molecular complexity index is 1440. The highest BCUT2D eigenvalue weighted by molar-refractivity contribution is 6.08. The summed E-state index contributed by atoms with van der Waals surface area (Å²) in [6, 6.07) is 5.92. The molecule has 10 heteroatoms. The topological polar surface area (TPSA) is 91.6 Å². The molecule has 7 nitrogen and oxygen atoms in total. The highest BCUT2D eigenvalue weighted by atomic mass is 19.1. The molecule has 0 radical (unpaired) electrons. The lowest BCUT2D eigenvalue weighted by atomic mass is 10.0. The predicted octanol–water partition coefficient (Wildman–Crippen LogP) is 3.36. The molecule has 5 rings (SSSR count). The minimum atomic E-state index is -1.08. The lowest BCUT2D eigenvalue weighted by Gasteiger charge is -2.35. The SMILES string of the molecule is Cc1cc(F)c(CNC(=O)c2cn3c(c(O)c2=O)C(=O)N2C[C@H]3CCc3cc(F)ccc32)c(F)c1. The molecule has 0 aliphatic carbocycles. The summed E-state index contributed by atoms with van der Waals surface area (Å²) in [5.41, 5.74) is -0.683. The fourth-order valence-corrected chi connectivity index (χ4v) is 4.73. The molecule has 3 heterocycles. The normalized spacial score (nSPS) is 16.4. The zero-order valence-electron chi connectivity index (χ0n) is 18.6. The standard InChI is InChI=1S/C25H20F3N3O4/c1-12-6-18(27)16(19(28)7-12)9-29-24(34)17-11-30-15-4-2-13-8-14(26)3-5-20(13)31(10-15)25(35)21(30)23(33)22(17)32/h3,5-8,11,15,33H,2,4,9-10H2,1H3,(H,29,34)/t15-/m1/s1.